The molecule has 0 bridgehead atoms. The van der Waals surface area contributed by atoms with E-state index in [0.29, 0.717) is 13.6 Å². The molecule has 6 rings (SSSR count). The topological polar surface area (TPSA) is 40.8 Å². The molecule has 0 unspecified atom stereocenters. The fraction of sp³-hybridized carbons (Fsp3) is 0.286. The van der Waals surface area contributed by atoms with Gasteiger partial charge in [-0.3, -0.25) is 0 Å². The highest BCUT2D eigenvalue weighted by molar-refractivity contribution is 5.95. The second-order valence-electron chi connectivity index (χ2n) is 6.88. The molecule has 0 saturated heterocycles. The molecule has 0 spiro atoms. The molecule has 0 amide bonds. The second-order valence-corrected chi connectivity index (χ2v) is 6.88. The van der Waals surface area contributed by atoms with Crippen LogP contribution in [0.2, 0.25) is 0 Å². The predicted octanol–water partition coefficient (Wildman–Crippen LogP) is 0.374. The zero-order valence-corrected chi connectivity index (χ0v) is 15.6. The molecule has 3 aromatic rings. The number of halogens is 1. The molecule has 1 aromatic heterocycles. The first-order valence-electron chi connectivity index (χ1n) is 9.04. The number of hydrogen-bond donors (Lipinski definition) is 0. The van der Waals surface area contributed by atoms with Crippen molar-refractivity contribution in [2.75, 3.05) is 13.6 Å². The third kappa shape index (κ3) is 2.21. The van der Waals surface area contributed by atoms with Crippen LogP contribution in [0.1, 0.15) is 18.1 Å². The molecule has 0 saturated carbocycles. The lowest BCUT2D eigenvalue weighted by molar-refractivity contribution is -0.686. The summed E-state index contributed by atoms with van der Waals surface area (Å²) < 4.78 is 24.9. The van der Waals surface area contributed by atoms with Crippen molar-refractivity contribution in [3.63, 3.8) is 0 Å². The van der Waals surface area contributed by atoms with Crippen molar-refractivity contribution in [1.29, 1.82) is 0 Å². The standard InChI is InChI=1S/C21H18NO4.ClH/c1-2-13-14-3-4-17-21(26-11-23-17)16(14)9-22-6-5-12-7-18-19(25-10-24-18)8-15(12)20(13)22;/h3-4,7-9H,2,5-6,10-11H2,1H3;1H/q+1;/p-1. The van der Waals surface area contributed by atoms with Gasteiger partial charge < -0.3 is 31.4 Å². The quantitative estimate of drug-likeness (QED) is 0.570. The first-order chi connectivity index (χ1) is 12.8. The Morgan fingerprint density at radius 3 is 2.56 bits per heavy atom. The van der Waals surface area contributed by atoms with Crippen molar-refractivity contribution in [1.82, 2.24) is 0 Å². The predicted molar refractivity (Wildman–Crippen MR) is 94.9 cm³/mol. The normalized spacial score (nSPS) is 15.3. The zero-order valence-electron chi connectivity index (χ0n) is 14.9. The number of pyridine rings is 1. The Hall–Kier alpha value is -2.66. The van der Waals surface area contributed by atoms with Crippen LogP contribution in [0.25, 0.3) is 22.0 Å². The molecule has 138 valence electrons. The van der Waals surface area contributed by atoms with Crippen molar-refractivity contribution >= 4 is 10.8 Å². The van der Waals surface area contributed by atoms with E-state index >= 15 is 0 Å². The molecule has 0 radical (unpaired) electrons. The average Bonchev–Trinajstić information content (AvgIpc) is 3.33. The van der Waals surface area contributed by atoms with E-state index in [-0.39, 0.29) is 12.4 Å². The van der Waals surface area contributed by atoms with Crippen LogP contribution in [0.5, 0.6) is 23.0 Å². The summed E-state index contributed by atoms with van der Waals surface area (Å²) in [6.45, 7) is 3.75. The van der Waals surface area contributed by atoms with Crippen molar-refractivity contribution in [2.24, 2.45) is 0 Å². The summed E-state index contributed by atoms with van der Waals surface area (Å²) in [6, 6.07) is 8.46. The van der Waals surface area contributed by atoms with E-state index in [0.717, 1.165) is 47.8 Å². The van der Waals surface area contributed by atoms with E-state index in [4.69, 9.17) is 18.9 Å². The van der Waals surface area contributed by atoms with Crippen molar-refractivity contribution in [3.8, 4) is 34.3 Å². The summed E-state index contributed by atoms with van der Waals surface area (Å²) in [5.74, 6) is 3.40. The molecule has 0 atom stereocenters. The van der Waals surface area contributed by atoms with Crippen LogP contribution in [0.4, 0.5) is 0 Å². The molecule has 5 nitrogen and oxygen atoms in total. The number of aryl methyl sites for hydroxylation is 3. The Morgan fingerprint density at radius 2 is 1.70 bits per heavy atom. The number of fused-ring (bicyclic) bond motifs is 7. The van der Waals surface area contributed by atoms with Gasteiger partial charge in [0.1, 0.15) is 0 Å². The molecule has 0 fully saturated rings. The lowest BCUT2D eigenvalue weighted by atomic mass is 9.90. The molecule has 3 aliphatic heterocycles. The molecular formula is C21H18ClNO4. The number of benzene rings is 2. The number of ether oxygens (including phenoxy) is 4. The maximum absolute atomic E-state index is 5.76. The minimum Gasteiger partial charge on any atom is -1.00 e. The van der Waals surface area contributed by atoms with E-state index in [9.17, 15) is 0 Å². The van der Waals surface area contributed by atoms with Gasteiger partial charge in [0.2, 0.25) is 19.3 Å². The maximum Gasteiger partial charge on any atom is 0.231 e. The van der Waals surface area contributed by atoms with Gasteiger partial charge in [-0.05, 0) is 36.2 Å². The highest BCUT2D eigenvalue weighted by atomic mass is 35.5. The van der Waals surface area contributed by atoms with E-state index in [2.05, 4.69) is 35.9 Å². The van der Waals surface area contributed by atoms with Gasteiger partial charge in [-0.25, -0.2) is 0 Å². The summed E-state index contributed by atoms with van der Waals surface area (Å²) in [5, 5.41) is 2.36. The van der Waals surface area contributed by atoms with Gasteiger partial charge in [0.05, 0.1) is 10.9 Å². The summed E-state index contributed by atoms with van der Waals surface area (Å²) in [4.78, 5) is 0. The van der Waals surface area contributed by atoms with Gasteiger partial charge in [-0.2, -0.15) is 4.57 Å². The second kappa shape index (κ2) is 5.92. The van der Waals surface area contributed by atoms with Gasteiger partial charge in [0, 0.05) is 17.4 Å². The fourth-order valence-corrected chi connectivity index (χ4v) is 4.41. The summed E-state index contributed by atoms with van der Waals surface area (Å²) in [5.41, 5.74) is 5.18. The van der Waals surface area contributed by atoms with Crippen LogP contribution < -0.4 is 35.9 Å². The number of aromatic nitrogens is 1. The first kappa shape index (κ1) is 16.5. The molecule has 4 heterocycles. The average molecular weight is 384 g/mol. The number of nitrogens with zero attached hydrogens (tertiary/aromatic N) is 1. The van der Waals surface area contributed by atoms with E-state index in [1.165, 1.54) is 27.8 Å². The molecule has 0 aliphatic carbocycles. The fourth-order valence-electron chi connectivity index (χ4n) is 4.41. The molecule has 6 heteroatoms. The maximum atomic E-state index is 5.76. The summed E-state index contributed by atoms with van der Waals surface area (Å²) >= 11 is 0. The minimum absolute atomic E-state index is 0. The lowest BCUT2D eigenvalue weighted by Gasteiger charge is -2.19. The SMILES string of the molecule is CCc1c2[n+](cc3c4c(ccc13)OCO4)CCc1cc3c(cc1-2)OCO3.[Cl-]. The third-order valence-electron chi connectivity index (χ3n) is 5.59. The minimum atomic E-state index is 0. The highest BCUT2D eigenvalue weighted by Crippen LogP contribution is 2.44. The Kier molecular flexibility index (Phi) is 3.62. The Bertz CT molecular complexity index is 1100. The van der Waals surface area contributed by atoms with Gasteiger partial charge in [0.25, 0.3) is 0 Å². The zero-order chi connectivity index (χ0) is 17.3. The Labute approximate surface area is 162 Å². The molecule has 27 heavy (non-hydrogen) atoms. The summed E-state index contributed by atoms with van der Waals surface area (Å²) in [7, 11) is 0. The molecule has 0 N–H and O–H groups in total. The number of hydrogen-bond acceptors (Lipinski definition) is 4. The van der Waals surface area contributed by atoms with E-state index < -0.39 is 0 Å². The van der Waals surface area contributed by atoms with Gasteiger partial charge >= 0.3 is 0 Å². The Balaban J connectivity index is 0.00000160. The van der Waals surface area contributed by atoms with Gasteiger partial charge in [0.15, 0.2) is 35.7 Å². The third-order valence-corrected chi connectivity index (χ3v) is 5.59. The lowest BCUT2D eigenvalue weighted by Crippen LogP contribution is -3.00. The Morgan fingerprint density at radius 1 is 0.926 bits per heavy atom. The highest BCUT2D eigenvalue weighted by Gasteiger charge is 2.32. The first-order valence-corrected chi connectivity index (χ1v) is 9.04. The largest absolute Gasteiger partial charge is 1.00 e. The molecule has 3 aliphatic rings. The van der Waals surface area contributed by atoms with Crippen molar-refractivity contribution in [3.05, 3.63) is 41.6 Å². The van der Waals surface area contributed by atoms with Crippen LogP contribution in [-0.2, 0) is 19.4 Å². The van der Waals surface area contributed by atoms with Crippen LogP contribution >= 0.6 is 0 Å². The monoisotopic (exact) mass is 383 g/mol. The van der Waals surface area contributed by atoms with Crippen LogP contribution in [0, 0.1) is 0 Å². The van der Waals surface area contributed by atoms with E-state index in [1.54, 1.807) is 0 Å². The molecule has 2 aromatic carbocycles. The molecular weight excluding hydrogens is 366 g/mol. The van der Waals surface area contributed by atoms with Gasteiger partial charge in [-0.15, -0.1) is 0 Å². The summed E-state index contributed by atoms with van der Waals surface area (Å²) in [6.07, 6.45) is 4.13. The van der Waals surface area contributed by atoms with Crippen LogP contribution in [0.15, 0.2) is 30.5 Å². The van der Waals surface area contributed by atoms with Gasteiger partial charge in [-0.1, -0.05) is 6.92 Å². The van der Waals surface area contributed by atoms with Crippen LogP contribution in [0.3, 0.4) is 0 Å². The van der Waals surface area contributed by atoms with Crippen LogP contribution in [-0.4, -0.2) is 13.6 Å². The smallest absolute Gasteiger partial charge is 0.231 e. The van der Waals surface area contributed by atoms with E-state index in [1.807, 2.05) is 6.07 Å². The van der Waals surface area contributed by atoms with Crippen molar-refractivity contribution in [2.45, 2.75) is 26.3 Å². The van der Waals surface area contributed by atoms with Crippen molar-refractivity contribution < 1.29 is 35.9 Å². The number of rotatable bonds is 1.